The molecule has 3 rings (SSSR count). The Bertz CT molecular complexity index is 1110. The molecule has 0 amide bonds. The van der Waals surface area contributed by atoms with Gasteiger partial charge in [0.05, 0.1) is 31.3 Å². The van der Waals surface area contributed by atoms with Gasteiger partial charge in [0.2, 0.25) is 0 Å². The number of aromatic nitrogens is 2. The van der Waals surface area contributed by atoms with Crippen LogP contribution in [0.1, 0.15) is 24.0 Å². The summed E-state index contributed by atoms with van der Waals surface area (Å²) in [5, 5.41) is 2.92. The summed E-state index contributed by atoms with van der Waals surface area (Å²) >= 11 is 0. The van der Waals surface area contributed by atoms with E-state index in [0.29, 0.717) is 22.8 Å². The third kappa shape index (κ3) is 3.66. The molecule has 1 aromatic heterocycles. The summed E-state index contributed by atoms with van der Waals surface area (Å²) in [6, 6.07) is 5.05. The minimum atomic E-state index is -0.843. The molecule has 2 heterocycles. The van der Waals surface area contributed by atoms with Gasteiger partial charge < -0.3 is 19.5 Å². The first-order valence-corrected chi connectivity index (χ1v) is 8.75. The predicted molar refractivity (Wildman–Crippen MR) is 107 cm³/mol. The number of H-pyrrole nitrogens is 2. The fraction of sp³-hybridized carbons (Fsp3) is 0.250. The lowest BCUT2D eigenvalue weighted by Gasteiger charge is -2.29. The number of ether oxygens (including phenoxy) is 3. The number of carbonyl (C=O) groups is 1. The van der Waals surface area contributed by atoms with Crippen molar-refractivity contribution in [3.05, 3.63) is 74.1 Å². The van der Waals surface area contributed by atoms with E-state index in [1.165, 1.54) is 20.3 Å². The van der Waals surface area contributed by atoms with Crippen molar-refractivity contribution in [1.29, 1.82) is 0 Å². The molecule has 0 fully saturated rings. The SMILES string of the molecule is C=CCOC(=O)C1=C(C)Nc2[nH]c(=O)[nH]c(=O)c2C1c1ccc(OC)cc1OC. The van der Waals surface area contributed by atoms with Gasteiger partial charge in [-0.2, -0.15) is 0 Å². The van der Waals surface area contributed by atoms with E-state index in [1.54, 1.807) is 25.1 Å². The number of fused-ring (bicyclic) bond motifs is 1. The number of esters is 1. The second kappa shape index (κ2) is 8.09. The number of allylic oxidation sites excluding steroid dienone is 1. The lowest BCUT2D eigenvalue weighted by atomic mass is 9.82. The van der Waals surface area contributed by atoms with Crippen molar-refractivity contribution in [3.63, 3.8) is 0 Å². The number of nitrogens with one attached hydrogen (secondary N) is 3. The molecule has 1 aliphatic heterocycles. The van der Waals surface area contributed by atoms with Crippen LogP contribution in [-0.4, -0.2) is 36.8 Å². The normalized spacial score (nSPS) is 15.2. The largest absolute Gasteiger partial charge is 0.497 e. The number of anilines is 1. The number of carbonyl (C=O) groups excluding carboxylic acids is 1. The van der Waals surface area contributed by atoms with Gasteiger partial charge in [-0.3, -0.25) is 14.8 Å². The molecule has 152 valence electrons. The van der Waals surface area contributed by atoms with Crippen molar-refractivity contribution < 1.29 is 19.0 Å². The maximum Gasteiger partial charge on any atom is 0.337 e. The molecule has 29 heavy (non-hydrogen) atoms. The van der Waals surface area contributed by atoms with Crippen molar-refractivity contribution in [2.75, 3.05) is 26.1 Å². The van der Waals surface area contributed by atoms with E-state index in [2.05, 4.69) is 21.9 Å². The first-order chi connectivity index (χ1) is 13.9. The van der Waals surface area contributed by atoms with E-state index in [1.807, 2.05) is 0 Å². The summed E-state index contributed by atoms with van der Waals surface area (Å²) < 4.78 is 16.0. The molecule has 9 heteroatoms. The van der Waals surface area contributed by atoms with Crippen molar-refractivity contribution in [1.82, 2.24) is 9.97 Å². The van der Waals surface area contributed by atoms with Gasteiger partial charge in [-0.1, -0.05) is 18.7 Å². The molecule has 1 aromatic carbocycles. The van der Waals surface area contributed by atoms with Gasteiger partial charge in [0.25, 0.3) is 5.56 Å². The van der Waals surface area contributed by atoms with Crippen LogP contribution in [0.2, 0.25) is 0 Å². The quantitative estimate of drug-likeness (QED) is 0.498. The Hall–Kier alpha value is -3.75. The fourth-order valence-electron chi connectivity index (χ4n) is 3.34. The number of aromatic amines is 2. The minimum Gasteiger partial charge on any atom is -0.497 e. The monoisotopic (exact) mass is 399 g/mol. The standard InChI is InChI=1S/C20H21N3O6/c1-5-8-29-19(25)14-10(2)21-17-16(18(24)23-20(26)22-17)15(14)12-7-6-11(27-3)9-13(12)28-4/h5-7,9,15H,1,8H2,2-4H3,(H3,21,22,23,24,26). The van der Waals surface area contributed by atoms with Crippen LogP contribution >= 0.6 is 0 Å². The van der Waals surface area contributed by atoms with Crippen LogP contribution in [-0.2, 0) is 9.53 Å². The molecule has 0 saturated carbocycles. The first kappa shape index (κ1) is 20.0. The molecule has 0 saturated heterocycles. The molecular formula is C20H21N3O6. The van der Waals surface area contributed by atoms with Crippen molar-refractivity contribution in [2.24, 2.45) is 0 Å². The third-order valence-electron chi connectivity index (χ3n) is 4.58. The number of methoxy groups -OCH3 is 2. The van der Waals surface area contributed by atoms with Crippen LogP contribution < -0.4 is 26.0 Å². The van der Waals surface area contributed by atoms with Gasteiger partial charge in [0.15, 0.2) is 0 Å². The zero-order valence-corrected chi connectivity index (χ0v) is 16.3. The molecular weight excluding hydrogens is 378 g/mol. The second-order valence-electron chi connectivity index (χ2n) is 6.29. The summed E-state index contributed by atoms with van der Waals surface area (Å²) in [5.74, 6) is -0.292. The zero-order valence-electron chi connectivity index (χ0n) is 16.3. The van der Waals surface area contributed by atoms with Crippen LogP contribution in [0.25, 0.3) is 0 Å². The molecule has 0 bridgehead atoms. The summed E-state index contributed by atoms with van der Waals surface area (Å²) in [5.41, 5.74) is 0.0894. The fourth-order valence-corrected chi connectivity index (χ4v) is 3.34. The smallest absolute Gasteiger partial charge is 0.337 e. The molecule has 0 aliphatic carbocycles. The Kier molecular flexibility index (Phi) is 5.58. The molecule has 3 N–H and O–H groups in total. The Labute approximate surface area is 166 Å². The van der Waals surface area contributed by atoms with E-state index in [0.717, 1.165) is 0 Å². The van der Waals surface area contributed by atoms with Crippen LogP contribution in [0.4, 0.5) is 5.82 Å². The highest BCUT2D eigenvalue weighted by atomic mass is 16.5. The highest BCUT2D eigenvalue weighted by Crippen LogP contribution is 2.43. The highest BCUT2D eigenvalue weighted by molar-refractivity contribution is 5.94. The maximum atomic E-state index is 12.8. The number of hydrogen-bond acceptors (Lipinski definition) is 7. The second-order valence-corrected chi connectivity index (χ2v) is 6.29. The summed E-state index contributed by atoms with van der Waals surface area (Å²) in [6.07, 6.45) is 1.45. The van der Waals surface area contributed by atoms with Crippen LogP contribution in [0, 0.1) is 0 Å². The highest BCUT2D eigenvalue weighted by Gasteiger charge is 2.37. The van der Waals surface area contributed by atoms with Crippen LogP contribution in [0.5, 0.6) is 11.5 Å². The summed E-state index contributed by atoms with van der Waals surface area (Å²) in [7, 11) is 3.00. The molecule has 1 unspecified atom stereocenters. The molecule has 1 atom stereocenters. The topological polar surface area (TPSA) is 123 Å². The average Bonchev–Trinajstić information content (AvgIpc) is 2.70. The van der Waals surface area contributed by atoms with E-state index >= 15 is 0 Å². The van der Waals surface area contributed by atoms with Crippen molar-refractivity contribution >= 4 is 11.8 Å². The maximum absolute atomic E-state index is 12.8. The third-order valence-corrected chi connectivity index (χ3v) is 4.58. The molecule has 0 spiro atoms. The Morgan fingerprint density at radius 2 is 1.97 bits per heavy atom. The van der Waals surface area contributed by atoms with Crippen LogP contribution in [0.15, 0.2) is 51.7 Å². The first-order valence-electron chi connectivity index (χ1n) is 8.75. The summed E-state index contributed by atoms with van der Waals surface area (Å²) in [6.45, 7) is 5.22. The lowest BCUT2D eigenvalue weighted by Crippen LogP contribution is -2.35. The van der Waals surface area contributed by atoms with E-state index in [4.69, 9.17) is 14.2 Å². The predicted octanol–water partition coefficient (Wildman–Crippen LogP) is 1.64. The van der Waals surface area contributed by atoms with Gasteiger partial charge in [-0.25, -0.2) is 9.59 Å². The van der Waals surface area contributed by atoms with Crippen molar-refractivity contribution in [3.8, 4) is 11.5 Å². The summed E-state index contributed by atoms with van der Waals surface area (Å²) in [4.78, 5) is 42.1. The number of rotatable bonds is 6. The Morgan fingerprint density at radius 3 is 2.62 bits per heavy atom. The van der Waals surface area contributed by atoms with E-state index in [9.17, 15) is 14.4 Å². The molecule has 0 radical (unpaired) electrons. The van der Waals surface area contributed by atoms with Gasteiger partial charge >= 0.3 is 11.7 Å². The zero-order chi connectivity index (χ0) is 21.1. The van der Waals surface area contributed by atoms with Gasteiger partial charge in [0, 0.05) is 17.3 Å². The Balaban J connectivity index is 2.29. The van der Waals surface area contributed by atoms with Gasteiger partial charge in [0.1, 0.15) is 23.9 Å². The van der Waals surface area contributed by atoms with Crippen molar-refractivity contribution in [2.45, 2.75) is 12.8 Å². The lowest BCUT2D eigenvalue weighted by molar-refractivity contribution is -0.138. The number of hydrogen-bond donors (Lipinski definition) is 3. The van der Waals surface area contributed by atoms with E-state index in [-0.39, 0.29) is 23.6 Å². The minimum absolute atomic E-state index is 0.0108. The van der Waals surface area contributed by atoms with Gasteiger partial charge in [-0.05, 0) is 13.0 Å². The Morgan fingerprint density at radius 1 is 1.21 bits per heavy atom. The molecule has 1 aliphatic rings. The molecule has 2 aromatic rings. The number of benzene rings is 1. The average molecular weight is 399 g/mol. The van der Waals surface area contributed by atoms with Crippen LogP contribution in [0.3, 0.4) is 0 Å². The van der Waals surface area contributed by atoms with Gasteiger partial charge in [-0.15, -0.1) is 0 Å². The molecule has 9 nitrogen and oxygen atoms in total. The van der Waals surface area contributed by atoms with E-state index < -0.39 is 23.1 Å².